The summed E-state index contributed by atoms with van der Waals surface area (Å²) >= 11 is 0. The zero-order valence-corrected chi connectivity index (χ0v) is 14.2. The average Bonchev–Trinajstić information content (AvgIpc) is 3.30. The van der Waals surface area contributed by atoms with Crippen molar-refractivity contribution in [2.45, 2.75) is 64.5 Å². The Morgan fingerprint density at radius 1 is 1.33 bits per heavy atom. The first kappa shape index (κ1) is 16.8. The molecule has 0 amide bonds. The molecule has 0 saturated heterocycles. The van der Waals surface area contributed by atoms with Gasteiger partial charge in [-0.2, -0.15) is 0 Å². The van der Waals surface area contributed by atoms with Crippen molar-refractivity contribution in [2.24, 2.45) is 11.8 Å². The molecule has 0 aromatic carbocycles. The first-order chi connectivity index (χ1) is 10.0. The molecule has 0 heterocycles. The summed E-state index contributed by atoms with van der Waals surface area (Å²) in [7, 11) is 2.14. The molecule has 2 aliphatic carbocycles. The molecule has 2 saturated carbocycles. The van der Waals surface area contributed by atoms with Crippen LogP contribution in [0.2, 0.25) is 0 Å². The van der Waals surface area contributed by atoms with Gasteiger partial charge in [-0.15, -0.1) is 0 Å². The maximum absolute atomic E-state index is 12.7. The number of esters is 1. The third-order valence-electron chi connectivity index (χ3n) is 4.79. The molecule has 0 radical (unpaired) electrons. The standard InChI is InChI=1S/C17H32N2O2/c1-5-13(3)11-19(4)12-17(14-7-8-14,16(20)21-6-2)18-15-9-10-15/h13-15,18H,5-12H2,1-4H3. The molecule has 2 aliphatic rings. The summed E-state index contributed by atoms with van der Waals surface area (Å²) in [6.45, 7) is 8.67. The summed E-state index contributed by atoms with van der Waals surface area (Å²) in [4.78, 5) is 15.0. The third kappa shape index (κ3) is 4.43. The number of likely N-dealkylation sites (N-methyl/N-ethyl adjacent to an activating group) is 1. The number of nitrogens with one attached hydrogen (secondary N) is 1. The van der Waals surface area contributed by atoms with Gasteiger partial charge in [0.2, 0.25) is 0 Å². The van der Waals surface area contributed by atoms with Gasteiger partial charge in [0.1, 0.15) is 5.54 Å². The lowest BCUT2D eigenvalue weighted by Crippen LogP contribution is -2.62. The van der Waals surface area contributed by atoms with Crippen molar-refractivity contribution in [3.63, 3.8) is 0 Å². The Morgan fingerprint density at radius 2 is 2.00 bits per heavy atom. The molecule has 2 fully saturated rings. The summed E-state index contributed by atoms with van der Waals surface area (Å²) in [5.41, 5.74) is -0.473. The molecule has 21 heavy (non-hydrogen) atoms. The molecule has 0 aromatic rings. The van der Waals surface area contributed by atoms with Crippen LogP contribution in [0.25, 0.3) is 0 Å². The molecule has 1 N–H and O–H groups in total. The minimum atomic E-state index is -0.473. The second kappa shape index (κ2) is 7.10. The molecule has 2 atom stereocenters. The van der Waals surface area contributed by atoms with E-state index in [1.165, 1.54) is 19.3 Å². The highest BCUT2D eigenvalue weighted by atomic mass is 16.5. The van der Waals surface area contributed by atoms with Crippen molar-refractivity contribution in [3.05, 3.63) is 0 Å². The topological polar surface area (TPSA) is 41.6 Å². The molecular weight excluding hydrogens is 264 g/mol. The van der Waals surface area contributed by atoms with E-state index in [0.29, 0.717) is 24.5 Å². The molecule has 0 aromatic heterocycles. The van der Waals surface area contributed by atoms with Gasteiger partial charge in [0.05, 0.1) is 6.61 Å². The van der Waals surface area contributed by atoms with E-state index in [-0.39, 0.29) is 5.97 Å². The molecule has 2 rings (SSSR count). The van der Waals surface area contributed by atoms with Gasteiger partial charge in [-0.3, -0.25) is 5.32 Å². The van der Waals surface area contributed by atoms with Crippen molar-refractivity contribution in [1.82, 2.24) is 10.2 Å². The highest BCUT2D eigenvalue weighted by molar-refractivity contribution is 5.82. The van der Waals surface area contributed by atoms with Gasteiger partial charge in [0, 0.05) is 19.1 Å². The maximum Gasteiger partial charge on any atom is 0.327 e. The molecule has 2 unspecified atom stereocenters. The fraction of sp³-hybridized carbons (Fsp3) is 0.941. The Morgan fingerprint density at radius 3 is 2.48 bits per heavy atom. The van der Waals surface area contributed by atoms with Crippen LogP contribution in [0.1, 0.15) is 52.9 Å². The largest absolute Gasteiger partial charge is 0.465 e. The van der Waals surface area contributed by atoms with Gasteiger partial charge in [0.25, 0.3) is 0 Å². The van der Waals surface area contributed by atoms with Crippen LogP contribution in [0.5, 0.6) is 0 Å². The lowest BCUT2D eigenvalue weighted by atomic mass is 9.91. The minimum Gasteiger partial charge on any atom is -0.465 e. The van der Waals surface area contributed by atoms with Crippen LogP contribution in [-0.2, 0) is 9.53 Å². The highest BCUT2D eigenvalue weighted by Gasteiger charge is 2.54. The number of nitrogens with zero attached hydrogens (tertiary/aromatic N) is 1. The first-order valence-electron chi connectivity index (χ1n) is 8.65. The molecule has 4 heteroatoms. The maximum atomic E-state index is 12.7. The lowest BCUT2D eigenvalue weighted by Gasteiger charge is -2.37. The summed E-state index contributed by atoms with van der Waals surface area (Å²) in [6.07, 6.45) is 5.87. The average molecular weight is 296 g/mol. The SMILES string of the molecule is CCOC(=O)C(CN(C)CC(C)CC)(NC1CC1)C1CC1. The fourth-order valence-electron chi connectivity index (χ4n) is 3.16. The van der Waals surface area contributed by atoms with Gasteiger partial charge in [-0.1, -0.05) is 20.3 Å². The van der Waals surface area contributed by atoms with E-state index >= 15 is 0 Å². The summed E-state index contributed by atoms with van der Waals surface area (Å²) < 4.78 is 5.44. The van der Waals surface area contributed by atoms with Crippen LogP contribution in [0.3, 0.4) is 0 Å². The van der Waals surface area contributed by atoms with Crippen LogP contribution in [0, 0.1) is 11.8 Å². The van der Waals surface area contributed by atoms with E-state index in [9.17, 15) is 4.79 Å². The van der Waals surface area contributed by atoms with Crippen molar-refractivity contribution in [2.75, 3.05) is 26.7 Å². The smallest absolute Gasteiger partial charge is 0.327 e. The van der Waals surface area contributed by atoms with Crippen LogP contribution < -0.4 is 5.32 Å². The predicted octanol–water partition coefficient (Wildman–Crippen LogP) is 2.43. The zero-order valence-electron chi connectivity index (χ0n) is 14.2. The van der Waals surface area contributed by atoms with Crippen molar-refractivity contribution in [3.8, 4) is 0 Å². The Balaban J connectivity index is 2.07. The Bertz CT molecular complexity index is 353. The summed E-state index contributed by atoms with van der Waals surface area (Å²) in [6, 6.07) is 0.520. The molecule has 0 aliphatic heterocycles. The van der Waals surface area contributed by atoms with Crippen LogP contribution >= 0.6 is 0 Å². The van der Waals surface area contributed by atoms with Gasteiger partial charge in [0.15, 0.2) is 0 Å². The second-order valence-corrected chi connectivity index (χ2v) is 7.09. The van der Waals surface area contributed by atoms with Crippen molar-refractivity contribution >= 4 is 5.97 Å². The number of carbonyl (C=O) groups excluding carboxylic acids is 1. The molecule has 0 spiro atoms. The van der Waals surface area contributed by atoms with E-state index in [1.54, 1.807) is 0 Å². The number of hydrogen-bond acceptors (Lipinski definition) is 4. The lowest BCUT2D eigenvalue weighted by molar-refractivity contribution is -0.153. The zero-order chi connectivity index (χ0) is 15.5. The minimum absolute atomic E-state index is 0.0320. The first-order valence-corrected chi connectivity index (χ1v) is 8.65. The predicted molar refractivity (Wildman–Crippen MR) is 85.2 cm³/mol. The normalized spacial score (nSPS) is 22.9. The van der Waals surface area contributed by atoms with E-state index in [2.05, 4.69) is 31.1 Å². The van der Waals surface area contributed by atoms with Crippen LogP contribution in [-0.4, -0.2) is 49.2 Å². The quantitative estimate of drug-likeness (QED) is 0.629. The Hall–Kier alpha value is -0.610. The van der Waals surface area contributed by atoms with E-state index < -0.39 is 5.54 Å². The number of carbonyl (C=O) groups is 1. The number of ether oxygens (including phenoxy) is 1. The van der Waals surface area contributed by atoms with Gasteiger partial charge < -0.3 is 9.64 Å². The Kier molecular flexibility index (Phi) is 5.67. The van der Waals surface area contributed by atoms with Gasteiger partial charge in [-0.05, 0) is 51.5 Å². The molecule has 0 bridgehead atoms. The third-order valence-corrected chi connectivity index (χ3v) is 4.79. The van der Waals surface area contributed by atoms with E-state index in [4.69, 9.17) is 4.74 Å². The molecular formula is C17H32N2O2. The fourth-order valence-corrected chi connectivity index (χ4v) is 3.16. The number of hydrogen-bond donors (Lipinski definition) is 1. The van der Waals surface area contributed by atoms with Gasteiger partial charge in [-0.25, -0.2) is 4.79 Å². The molecule has 4 nitrogen and oxygen atoms in total. The van der Waals surface area contributed by atoms with Crippen molar-refractivity contribution < 1.29 is 9.53 Å². The summed E-state index contributed by atoms with van der Waals surface area (Å²) in [5.74, 6) is 1.09. The van der Waals surface area contributed by atoms with Crippen LogP contribution in [0.15, 0.2) is 0 Å². The Labute approximate surface area is 129 Å². The second-order valence-electron chi connectivity index (χ2n) is 7.09. The van der Waals surface area contributed by atoms with Crippen LogP contribution in [0.4, 0.5) is 0 Å². The molecule has 122 valence electrons. The van der Waals surface area contributed by atoms with E-state index in [1.807, 2.05) is 6.92 Å². The van der Waals surface area contributed by atoms with Crippen molar-refractivity contribution in [1.29, 1.82) is 0 Å². The summed E-state index contributed by atoms with van der Waals surface area (Å²) in [5, 5.41) is 3.66. The van der Waals surface area contributed by atoms with Gasteiger partial charge >= 0.3 is 5.97 Å². The van der Waals surface area contributed by atoms with E-state index in [0.717, 1.165) is 25.9 Å². The monoisotopic (exact) mass is 296 g/mol. The number of rotatable bonds is 10. The highest BCUT2D eigenvalue weighted by Crippen LogP contribution is 2.43.